The van der Waals surface area contributed by atoms with E-state index < -0.39 is 10.9 Å². The first-order valence-electron chi connectivity index (χ1n) is 5.29. The smallest absolute Gasteiger partial charge is 0.338 e. The first kappa shape index (κ1) is 14.2. The Morgan fingerprint density at radius 2 is 2.25 bits per heavy atom. The number of non-ortho nitro benzene ring substituents is 1. The van der Waals surface area contributed by atoms with Gasteiger partial charge in [-0.25, -0.2) is 9.78 Å². The van der Waals surface area contributed by atoms with Gasteiger partial charge in [-0.05, 0) is 6.92 Å². The molecular weight excluding hydrogens is 306 g/mol. The topological polar surface area (TPSA) is 105 Å². The molecule has 9 heteroatoms. The molecule has 104 valence electrons. The van der Waals surface area contributed by atoms with Crippen LogP contribution >= 0.6 is 22.9 Å². The Balaban J connectivity index is 2.51. The van der Waals surface area contributed by atoms with Crippen LogP contribution in [0.2, 0.25) is 5.02 Å². The summed E-state index contributed by atoms with van der Waals surface area (Å²) in [4.78, 5) is 25.4. The number of halogens is 1. The Kier molecular flexibility index (Phi) is 3.86. The van der Waals surface area contributed by atoms with E-state index in [1.807, 2.05) is 0 Å². The highest BCUT2D eigenvalue weighted by Crippen LogP contribution is 2.34. The maximum Gasteiger partial charge on any atom is 0.338 e. The standard InChI is InChI=1S/C11H8ClN3O4S/c1-5-4-20-11(13-5)14-9-7(10(16)17)2-6(15(18)19)3-8(9)12/h2-4H,1H3,(H,13,14)(H,16,17). The van der Waals surface area contributed by atoms with Gasteiger partial charge in [-0.3, -0.25) is 10.1 Å². The first-order chi connectivity index (χ1) is 9.38. The van der Waals surface area contributed by atoms with Crippen molar-refractivity contribution in [3.8, 4) is 0 Å². The van der Waals surface area contributed by atoms with E-state index in [2.05, 4.69) is 10.3 Å². The molecule has 0 saturated heterocycles. The fraction of sp³-hybridized carbons (Fsp3) is 0.0909. The van der Waals surface area contributed by atoms with Crippen LogP contribution in [0.1, 0.15) is 16.1 Å². The minimum absolute atomic E-state index is 0.0514. The third kappa shape index (κ3) is 2.86. The van der Waals surface area contributed by atoms with Gasteiger partial charge < -0.3 is 10.4 Å². The minimum atomic E-state index is -1.31. The zero-order valence-corrected chi connectivity index (χ0v) is 11.7. The van der Waals surface area contributed by atoms with E-state index in [4.69, 9.17) is 16.7 Å². The number of thiazole rings is 1. The number of aromatic nitrogens is 1. The van der Waals surface area contributed by atoms with Gasteiger partial charge in [-0.2, -0.15) is 0 Å². The third-order valence-electron chi connectivity index (χ3n) is 2.37. The van der Waals surface area contributed by atoms with Crippen molar-refractivity contribution in [2.75, 3.05) is 5.32 Å². The average molecular weight is 314 g/mol. The number of hydrogen-bond acceptors (Lipinski definition) is 6. The van der Waals surface area contributed by atoms with Crippen LogP contribution in [-0.4, -0.2) is 21.0 Å². The summed E-state index contributed by atoms with van der Waals surface area (Å²) >= 11 is 7.20. The van der Waals surface area contributed by atoms with Crippen molar-refractivity contribution in [3.63, 3.8) is 0 Å². The molecule has 7 nitrogen and oxygen atoms in total. The normalized spacial score (nSPS) is 10.3. The molecule has 2 aromatic rings. The molecular formula is C11H8ClN3O4S. The second-order valence-electron chi connectivity index (χ2n) is 3.83. The van der Waals surface area contributed by atoms with E-state index in [0.717, 1.165) is 17.8 Å². The number of nitrogens with one attached hydrogen (secondary N) is 1. The van der Waals surface area contributed by atoms with Crippen LogP contribution in [0.25, 0.3) is 0 Å². The van der Waals surface area contributed by atoms with E-state index in [-0.39, 0.29) is 22.0 Å². The number of hydrogen-bond donors (Lipinski definition) is 2. The first-order valence-corrected chi connectivity index (χ1v) is 6.54. The summed E-state index contributed by atoms with van der Waals surface area (Å²) in [5.74, 6) is -1.31. The monoisotopic (exact) mass is 313 g/mol. The van der Waals surface area contributed by atoms with Crippen LogP contribution < -0.4 is 5.32 Å². The van der Waals surface area contributed by atoms with Gasteiger partial charge in [0.15, 0.2) is 5.13 Å². The number of nitro benzene ring substituents is 1. The molecule has 0 radical (unpaired) electrons. The van der Waals surface area contributed by atoms with E-state index in [1.165, 1.54) is 11.3 Å². The molecule has 0 saturated carbocycles. The SMILES string of the molecule is Cc1csc(Nc2c(Cl)cc([N+](=O)[O-])cc2C(=O)O)n1. The number of nitro groups is 1. The van der Waals surface area contributed by atoms with Crippen LogP contribution in [0.3, 0.4) is 0 Å². The number of carboxylic acid groups (broad SMARTS) is 1. The van der Waals surface area contributed by atoms with Crippen molar-refractivity contribution < 1.29 is 14.8 Å². The van der Waals surface area contributed by atoms with Crippen molar-refractivity contribution in [1.29, 1.82) is 0 Å². The number of rotatable bonds is 4. The van der Waals surface area contributed by atoms with Crippen molar-refractivity contribution >= 4 is 45.4 Å². The second kappa shape index (κ2) is 5.43. The summed E-state index contributed by atoms with van der Waals surface area (Å²) in [6.45, 7) is 1.79. The highest BCUT2D eigenvalue weighted by atomic mass is 35.5. The Labute approximate surface area is 122 Å². The van der Waals surface area contributed by atoms with Gasteiger partial charge in [-0.15, -0.1) is 11.3 Å². The number of nitrogens with zero attached hydrogens (tertiary/aromatic N) is 2. The lowest BCUT2D eigenvalue weighted by Gasteiger charge is -2.09. The lowest BCUT2D eigenvalue weighted by molar-refractivity contribution is -0.384. The number of carboxylic acids is 1. The molecule has 1 heterocycles. The summed E-state index contributed by atoms with van der Waals surface area (Å²) in [5.41, 5.74) is 0.192. The highest BCUT2D eigenvalue weighted by Gasteiger charge is 2.20. The summed E-state index contributed by atoms with van der Waals surface area (Å²) in [5, 5.41) is 24.8. The van der Waals surface area contributed by atoms with Crippen LogP contribution in [0.15, 0.2) is 17.5 Å². The van der Waals surface area contributed by atoms with E-state index in [0.29, 0.717) is 5.13 Å². The quantitative estimate of drug-likeness (QED) is 0.661. The lowest BCUT2D eigenvalue weighted by atomic mass is 10.1. The molecule has 1 aromatic carbocycles. The fourth-order valence-electron chi connectivity index (χ4n) is 1.51. The van der Waals surface area contributed by atoms with Crippen molar-refractivity contribution in [2.45, 2.75) is 6.92 Å². The van der Waals surface area contributed by atoms with E-state index in [9.17, 15) is 14.9 Å². The summed E-state index contributed by atoms with van der Waals surface area (Å²) in [6.07, 6.45) is 0. The lowest BCUT2D eigenvalue weighted by Crippen LogP contribution is -2.05. The Hall–Kier alpha value is -2.19. The predicted octanol–water partition coefficient (Wildman–Crippen LogP) is 3.45. The molecule has 0 aliphatic carbocycles. The van der Waals surface area contributed by atoms with Crippen molar-refractivity contribution in [3.05, 3.63) is 43.9 Å². The number of benzene rings is 1. The van der Waals surface area contributed by atoms with Crippen LogP contribution in [0, 0.1) is 17.0 Å². The van der Waals surface area contributed by atoms with Crippen LogP contribution in [0.4, 0.5) is 16.5 Å². The average Bonchev–Trinajstić information content (AvgIpc) is 2.76. The molecule has 0 spiro atoms. The molecule has 0 unspecified atom stereocenters. The molecule has 0 bridgehead atoms. The van der Waals surface area contributed by atoms with Gasteiger partial charge in [0.05, 0.1) is 26.9 Å². The molecule has 1 aromatic heterocycles. The summed E-state index contributed by atoms with van der Waals surface area (Å²) in [7, 11) is 0. The van der Waals surface area contributed by atoms with Gasteiger partial charge in [0, 0.05) is 17.5 Å². The Morgan fingerprint density at radius 1 is 1.55 bits per heavy atom. The van der Waals surface area contributed by atoms with Crippen molar-refractivity contribution in [2.24, 2.45) is 0 Å². The second-order valence-corrected chi connectivity index (χ2v) is 5.10. The predicted molar refractivity (Wildman–Crippen MR) is 75.2 cm³/mol. The molecule has 2 rings (SSSR count). The molecule has 0 atom stereocenters. The summed E-state index contributed by atoms with van der Waals surface area (Å²) in [6, 6.07) is 2.05. The third-order valence-corrected chi connectivity index (χ3v) is 3.54. The summed E-state index contributed by atoms with van der Waals surface area (Å²) < 4.78 is 0. The Morgan fingerprint density at radius 3 is 2.75 bits per heavy atom. The molecule has 0 fully saturated rings. The fourth-order valence-corrected chi connectivity index (χ4v) is 2.47. The number of aromatic carboxylic acids is 1. The van der Waals surface area contributed by atoms with Crippen molar-refractivity contribution in [1.82, 2.24) is 4.98 Å². The molecule has 2 N–H and O–H groups in total. The van der Waals surface area contributed by atoms with Gasteiger partial charge >= 0.3 is 5.97 Å². The minimum Gasteiger partial charge on any atom is -0.478 e. The largest absolute Gasteiger partial charge is 0.478 e. The van der Waals surface area contributed by atoms with Gasteiger partial charge in [0.1, 0.15) is 0 Å². The number of carbonyl (C=O) groups is 1. The zero-order valence-electron chi connectivity index (χ0n) is 10.1. The Bertz CT molecular complexity index is 701. The zero-order chi connectivity index (χ0) is 14.9. The molecule has 0 aliphatic rings. The van der Waals surface area contributed by atoms with Gasteiger partial charge in [0.25, 0.3) is 5.69 Å². The molecule has 20 heavy (non-hydrogen) atoms. The maximum absolute atomic E-state index is 11.2. The van der Waals surface area contributed by atoms with Gasteiger partial charge in [-0.1, -0.05) is 11.6 Å². The highest BCUT2D eigenvalue weighted by molar-refractivity contribution is 7.13. The van der Waals surface area contributed by atoms with Gasteiger partial charge in [0.2, 0.25) is 0 Å². The van der Waals surface area contributed by atoms with E-state index in [1.54, 1.807) is 12.3 Å². The number of anilines is 2. The maximum atomic E-state index is 11.2. The number of aryl methyl sites for hydroxylation is 1. The van der Waals surface area contributed by atoms with Crippen LogP contribution in [0.5, 0.6) is 0 Å². The molecule has 0 amide bonds. The van der Waals surface area contributed by atoms with E-state index >= 15 is 0 Å². The molecule has 0 aliphatic heterocycles. The van der Waals surface area contributed by atoms with Crippen LogP contribution in [-0.2, 0) is 0 Å².